The maximum Gasteiger partial charge on any atom is 0.250 e. The number of aromatic nitrogens is 1. The minimum atomic E-state index is -3.47. The molecule has 6 nitrogen and oxygen atoms in total. The van der Waals surface area contributed by atoms with Crippen LogP contribution in [0.1, 0.15) is 39.0 Å². The summed E-state index contributed by atoms with van der Waals surface area (Å²) >= 11 is 1.39. The molecule has 0 saturated carbocycles. The van der Waals surface area contributed by atoms with Crippen LogP contribution in [0.3, 0.4) is 0 Å². The van der Waals surface area contributed by atoms with Crippen molar-refractivity contribution < 1.29 is 13.2 Å². The fourth-order valence-corrected chi connectivity index (χ4v) is 4.01. The zero-order valence-corrected chi connectivity index (χ0v) is 16.9. The van der Waals surface area contributed by atoms with Crippen LogP contribution in [-0.4, -0.2) is 25.9 Å². The summed E-state index contributed by atoms with van der Waals surface area (Å²) in [5.41, 5.74) is 1.59. The van der Waals surface area contributed by atoms with Crippen molar-refractivity contribution >= 4 is 38.5 Å². The Morgan fingerprint density at radius 1 is 1.23 bits per heavy atom. The Hall–Kier alpha value is -2.03. The quantitative estimate of drug-likeness (QED) is 0.737. The van der Waals surface area contributed by atoms with Crippen molar-refractivity contribution in [1.29, 1.82) is 0 Å². The topological polar surface area (TPSA) is 88.2 Å². The van der Waals surface area contributed by atoms with Gasteiger partial charge >= 0.3 is 0 Å². The molecular weight excluding hydrogens is 370 g/mol. The molecule has 1 aromatic carbocycles. The second kappa shape index (κ2) is 8.11. The van der Waals surface area contributed by atoms with Crippen LogP contribution in [0, 0.1) is 0 Å². The number of amides is 1. The normalized spacial score (nSPS) is 12.5. The third kappa shape index (κ3) is 5.48. The van der Waals surface area contributed by atoms with Gasteiger partial charge in [0.15, 0.2) is 5.13 Å². The first-order chi connectivity index (χ1) is 12.1. The fraction of sp³-hybridized carbons (Fsp3) is 0.333. The molecule has 2 rings (SSSR count). The molecule has 0 fully saturated rings. The van der Waals surface area contributed by atoms with Crippen LogP contribution < -0.4 is 10.0 Å². The highest BCUT2D eigenvalue weighted by molar-refractivity contribution is 7.89. The molecule has 0 aliphatic heterocycles. The van der Waals surface area contributed by atoms with E-state index in [4.69, 9.17) is 0 Å². The molecule has 26 heavy (non-hydrogen) atoms. The molecule has 2 N–H and O–H groups in total. The van der Waals surface area contributed by atoms with Gasteiger partial charge in [0.2, 0.25) is 15.9 Å². The Kier molecular flexibility index (Phi) is 6.33. The molecule has 0 radical (unpaired) electrons. The van der Waals surface area contributed by atoms with Gasteiger partial charge in [0, 0.05) is 23.4 Å². The van der Waals surface area contributed by atoms with Crippen LogP contribution in [0.15, 0.2) is 40.6 Å². The average molecular weight is 394 g/mol. The highest BCUT2D eigenvalue weighted by Crippen LogP contribution is 2.26. The molecule has 0 aliphatic rings. The van der Waals surface area contributed by atoms with E-state index in [1.54, 1.807) is 25.1 Å². The number of nitrogens with one attached hydrogen (secondary N) is 2. The smallest absolute Gasteiger partial charge is 0.250 e. The largest absolute Gasteiger partial charge is 0.298 e. The first-order valence-electron chi connectivity index (χ1n) is 8.16. The third-order valence-electron chi connectivity index (χ3n) is 3.45. The van der Waals surface area contributed by atoms with Crippen molar-refractivity contribution in [3.8, 4) is 0 Å². The number of hydrogen-bond acceptors (Lipinski definition) is 5. The Balaban J connectivity index is 2.01. The van der Waals surface area contributed by atoms with Gasteiger partial charge in [0.1, 0.15) is 0 Å². The molecule has 0 bridgehead atoms. The summed E-state index contributed by atoms with van der Waals surface area (Å²) in [7, 11) is -3.47. The summed E-state index contributed by atoms with van der Waals surface area (Å²) in [5.74, 6) is -0.288. The zero-order valence-electron chi connectivity index (χ0n) is 15.2. The molecule has 1 heterocycles. The van der Waals surface area contributed by atoms with Crippen LogP contribution in [0.5, 0.6) is 0 Å². The number of anilines is 1. The van der Waals surface area contributed by atoms with Crippen LogP contribution in [-0.2, 0) is 20.2 Å². The summed E-state index contributed by atoms with van der Waals surface area (Å²) < 4.78 is 26.2. The van der Waals surface area contributed by atoms with Crippen LogP contribution in [0.4, 0.5) is 5.13 Å². The van der Waals surface area contributed by atoms with Crippen molar-refractivity contribution in [3.63, 3.8) is 0 Å². The molecular formula is C18H23N3O3S2. The SMILES string of the molecule is CCNS(=O)(=O)c1ccc(/C=C/C(=O)Nc2nc(C(C)(C)C)cs2)cc1. The molecule has 0 unspecified atom stereocenters. The monoisotopic (exact) mass is 393 g/mol. The molecule has 0 aliphatic carbocycles. The Morgan fingerprint density at radius 2 is 1.88 bits per heavy atom. The summed E-state index contributed by atoms with van der Waals surface area (Å²) in [4.78, 5) is 16.6. The Morgan fingerprint density at radius 3 is 2.42 bits per heavy atom. The number of hydrogen-bond donors (Lipinski definition) is 2. The number of thiazole rings is 1. The van der Waals surface area contributed by atoms with E-state index in [9.17, 15) is 13.2 Å². The van der Waals surface area contributed by atoms with Crippen molar-refractivity contribution in [1.82, 2.24) is 9.71 Å². The van der Waals surface area contributed by atoms with E-state index in [2.05, 4.69) is 35.8 Å². The lowest BCUT2D eigenvalue weighted by Crippen LogP contribution is -2.22. The standard InChI is InChI=1S/C18H23N3O3S2/c1-5-19-26(23,24)14-9-6-13(7-10-14)8-11-16(22)21-17-20-15(12-25-17)18(2,3)4/h6-12,19H,5H2,1-4H3,(H,20,21,22)/b11-8+. The molecule has 1 amide bonds. The third-order valence-corrected chi connectivity index (χ3v) is 5.77. The van der Waals surface area contributed by atoms with E-state index in [1.165, 1.54) is 29.5 Å². The summed E-state index contributed by atoms with van der Waals surface area (Å²) in [6.07, 6.45) is 3.02. The number of rotatable bonds is 6. The van der Waals surface area contributed by atoms with Crippen LogP contribution >= 0.6 is 11.3 Å². The van der Waals surface area contributed by atoms with E-state index in [0.717, 1.165) is 11.3 Å². The van der Waals surface area contributed by atoms with Crippen LogP contribution in [0.25, 0.3) is 6.08 Å². The molecule has 1 aromatic heterocycles. The van der Waals surface area contributed by atoms with E-state index < -0.39 is 10.0 Å². The summed E-state index contributed by atoms with van der Waals surface area (Å²) in [5, 5.41) is 5.22. The average Bonchev–Trinajstić information content (AvgIpc) is 3.02. The van der Waals surface area contributed by atoms with E-state index in [1.807, 2.05) is 5.38 Å². The van der Waals surface area contributed by atoms with Gasteiger partial charge in [-0.15, -0.1) is 11.3 Å². The number of benzene rings is 1. The molecule has 0 saturated heterocycles. The van der Waals surface area contributed by atoms with Crippen molar-refractivity contribution in [2.45, 2.75) is 38.0 Å². The van der Waals surface area contributed by atoms with Crippen molar-refractivity contribution in [2.24, 2.45) is 0 Å². The Bertz CT molecular complexity index is 893. The van der Waals surface area contributed by atoms with Gasteiger partial charge in [-0.05, 0) is 23.8 Å². The molecule has 0 atom stereocenters. The zero-order chi connectivity index (χ0) is 19.4. The van der Waals surface area contributed by atoms with Gasteiger partial charge in [-0.1, -0.05) is 39.8 Å². The minimum Gasteiger partial charge on any atom is -0.298 e. The maximum absolute atomic E-state index is 12.0. The molecule has 2 aromatic rings. The first kappa shape index (κ1) is 20.3. The maximum atomic E-state index is 12.0. The Labute approximate surface area is 158 Å². The van der Waals surface area contributed by atoms with E-state index in [-0.39, 0.29) is 16.2 Å². The lowest BCUT2D eigenvalue weighted by molar-refractivity contribution is -0.111. The number of carbonyl (C=O) groups is 1. The molecule has 140 valence electrons. The lowest BCUT2D eigenvalue weighted by atomic mass is 9.93. The second-order valence-corrected chi connectivity index (χ2v) is 9.31. The van der Waals surface area contributed by atoms with Gasteiger partial charge in [0.05, 0.1) is 10.6 Å². The predicted molar refractivity (Wildman–Crippen MR) is 106 cm³/mol. The fourth-order valence-electron chi connectivity index (χ4n) is 2.03. The minimum absolute atomic E-state index is 0.0654. The van der Waals surface area contributed by atoms with Gasteiger partial charge < -0.3 is 0 Å². The molecule has 8 heteroatoms. The number of carbonyl (C=O) groups excluding carboxylic acids is 1. The highest BCUT2D eigenvalue weighted by Gasteiger charge is 2.17. The highest BCUT2D eigenvalue weighted by atomic mass is 32.2. The van der Waals surface area contributed by atoms with Gasteiger partial charge in [-0.3, -0.25) is 10.1 Å². The van der Waals surface area contributed by atoms with Gasteiger partial charge in [0.25, 0.3) is 0 Å². The van der Waals surface area contributed by atoms with E-state index >= 15 is 0 Å². The molecule has 0 spiro atoms. The number of sulfonamides is 1. The van der Waals surface area contributed by atoms with Crippen molar-refractivity contribution in [3.05, 3.63) is 47.0 Å². The van der Waals surface area contributed by atoms with Crippen molar-refractivity contribution in [2.75, 3.05) is 11.9 Å². The summed E-state index contributed by atoms with van der Waals surface area (Å²) in [6.45, 7) is 8.24. The first-order valence-corrected chi connectivity index (χ1v) is 10.5. The van der Waals surface area contributed by atoms with Gasteiger partial charge in [-0.25, -0.2) is 18.1 Å². The second-order valence-electron chi connectivity index (χ2n) is 6.68. The van der Waals surface area contributed by atoms with Crippen LogP contribution in [0.2, 0.25) is 0 Å². The van der Waals surface area contributed by atoms with E-state index in [0.29, 0.717) is 11.7 Å². The van der Waals surface area contributed by atoms with Gasteiger partial charge in [-0.2, -0.15) is 0 Å². The lowest BCUT2D eigenvalue weighted by Gasteiger charge is -2.14. The number of nitrogens with zero attached hydrogens (tertiary/aromatic N) is 1. The summed E-state index contributed by atoms with van der Waals surface area (Å²) in [6, 6.07) is 6.31. The predicted octanol–water partition coefficient (Wildman–Crippen LogP) is 3.39.